The molecular weight excluding hydrogens is 216 g/mol. The van der Waals surface area contributed by atoms with Crippen molar-refractivity contribution in [3.8, 4) is 0 Å². The van der Waals surface area contributed by atoms with Gasteiger partial charge in [-0.05, 0) is 18.3 Å². The first kappa shape index (κ1) is 12.4. The van der Waals surface area contributed by atoms with E-state index in [0.717, 1.165) is 6.54 Å². The number of rotatable bonds is 2. The number of hydrogen-bond donors (Lipinski definition) is 1. The van der Waals surface area contributed by atoms with Crippen molar-refractivity contribution in [2.24, 2.45) is 17.8 Å². The van der Waals surface area contributed by atoms with E-state index in [9.17, 15) is 9.59 Å². The van der Waals surface area contributed by atoms with E-state index < -0.39 is 0 Å². The molecule has 4 heteroatoms. The summed E-state index contributed by atoms with van der Waals surface area (Å²) < 4.78 is 0. The van der Waals surface area contributed by atoms with Crippen LogP contribution in [0.4, 0.5) is 4.79 Å². The molecule has 0 aromatic carbocycles. The Kier molecular flexibility index (Phi) is 3.69. The van der Waals surface area contributed by atoms with Gasteiger partial charge in [0.05, 0.1) is 5.92 Å². The monoisotopic (exact) mass is 238 g/mol. The van der Waals surface area contributed by atoms with Crippen molar-refractivity contribution >= 4 is 11.9 Å². The zero-order valence-electron chi connectivity index (χ0n) is 10.7. The topological polar surface area (TPSA) is 49.4 Å². The van der Waals surface area contributed by atoms with E-state index in [0.29, 0.717) is 18.4 Å². The maximum Gasteiger partial charge on any atom is 0.324 e. The minimum Gasteiger partial charge on any atom is -0.323 e. The van der Waals surface area contributed by atoms with E-state index in [-0.39, 0.29) is 17.9 Å². The summed E-state index contributed by atoms with van der Waals surface area (Å²) >= 11 is 0. The Morgan fingerprint density at radius 2 is 1.94 bits per heavy atom. The van der Waals surface area contributed by atoms with Crippen molar-refractivity contribution in [2.45, 2.75) is 39.5 Å². The molecule has 0 aromatic heterocycles. The van der Waals surface area contributed by atoms with Crippen molar-refractivity contribution in [2.75, 3.05) is 13.1 Å². The molecule has 3 unspecified atom stereocenters. The average molecular weight is 238 g/mol. The molecule has 2 aliphatic rings. The third-order valence-corrected chi connectivity index (χ3v) is 4.20. The molecule has 0 aromatic rings. The minimum atomic E-state index is -0.203. The number of imide groups is 1. The van der Waals surface area contributed by atoms with Gasteiger partial charge in [-0.2, -0.15) is 0 Å². The molecule has 17 heavy (non-hydrogen) atoms. The molecule has 1 N–H and O–H groups in total. The quantitative estimate of drug-likeness (QED) is 0.800. The van der Waals surface area contributed by atoms with Crippen LogP contribution in [0.5, 0.6) is 0 Å². The van der Waals surface area contributed by atoms with Gasteiger partial charge < -0.3 is 4.90 Å². The van der Waals surface area contributed by atoms with Crippen LogP contribution in [0, 0.1) is 17.8 Å². The lowest BCUT2D eigenvalue weighted by molar-refractivity contribution is -0.125. The lowest BCUT2D eigenvalue weighted by Crippen LogP contribution is -2.55. The predicted molar refractivity (Wildman–Crippen MR) is 65.4 cm³/mol. The number of amides is 3. The van der Waals surface area contributed by atoms with Gasteiger partial charge in [-0.15, -0.1) is 0 Å². The molecule has 0 bridgehead atoms. The van der Waals surface area contributed by atoms with Crippen LogP contribution >= 0.6 is 0 Å². The van der Waals surface area contributed by atoms with Crippen molar-refractivity contribution in [1.82, 2.24) is 10.2 Å². The number of carbonyl (C=O) groups is 2. The number of hydrogen-bond acceptors (Lipinski definition) is 2. The highest BCUT2D eigenvalue weighted by Crippen LogP contribution is 2.30. The number of carbonyl (C=O) groups excluding carboxylic acids is 2. The molecule has 96 valence electrons. The van der Waals surface area contributed by atoms with Crippen molar-refractivity contribution < 1.29 is 9.59 Å². The molecule has 1 aliphatic heterocycles. The summed E-state index contributed by atoms with van der Waals surface area (Å²) in [6.45, 7) is 5.54. The largest absolute Gasteiger partial charge is 0.324 e. The van der Waals surface area contributed by atoms with Gasteiger partial charge in [0.2, 0.25) is 5.91 Å². The van der Waals surface area contributed by atoms with Crippen LogP contribution in [-0.4, -0.2) is 29.9 Å². The average Bonchev–Trinajstić information content (AvgIpc) is 2.29. The van der Waals surface area contributed by atoms with Gasteiger partial charge in [0.15, 0.2) is 0 Å². The Morgan fingerprint density at radius 3 is 2.65 bits per heavy atom. The Bertz CT molecular complexity index is 317. The van der Waals surface area contributed by atoms with Crippen LogP contribution in [0.15, 0.2) is 0 Å². The van der Waals surface area contributed by atoms with Crippen LogP contribution in [-0.2, 0) is 4.79 Å². The van der Waals surface area contributed by atoms with E-state index >= 15 is 0 Å². The molecule has 0 radical (unpaired) electrons. The molecule has 3 atom stereocenters. The summed E-state index contributed by atoms with van der Waals surface area (Å²) in [5, 5.41) is 2.43. The maximum absolute atomic E-state index is 11.7. The Morgan fingerprint density at radius 1 is 1.24 bits per heavy atom. The molecule has 2 rings (SSSR count). The lowest BCUT2D eigenvalue weighted by atomic mass is 9.80. The van der Waals surface area contributed by atoms with Crippen molar-refractivity contribution in [1.29, 1.82) is 0 Å². The Hall–Kier alpha value is -1.06. The van der Waals surface area contributed by atoms with E-state index in [2.05, 4.69) is 12.2 Å². The van der Waals surface area contributed by atoms with Gasteiger partial charge in [0.25, 0.3) is 0 Å². The normalized spacial score (nSPS) is 34.7. The minimum absolute atomic E-state index is 0.0772. The molecule has 1 aliphatic carbocycles. The van der Waals surface area contributed by atoms with E-state index in [1.54, 1.807) is 0 Å². The van der Waals surface area contributed by atoms with Gasteiger partial charge in [-0.25, -0.2) is 4.79 Å². The third kappa shape index (κ3) is 2.79. The van der Waals surface area contributed by atoms with E-state index in [1.807, 2.05) is 11.8 Å². The Balaban J connectivity index is 1.93. The molecule has 4 nitrogen and oxygen atoms in total. The van der Waals surface area contributed by atoms with Crippen molar-refractivity contribution in [3.63, 3.8) is 0 Å². The molecule has 1 heterocycles. The van der Waals surface area contributed by atoms with Gasteiger partial charge in [0.1, 0.15) is 0 Å². The van der Waals surface area contributed by atoms with Gasteiger partial charge in [-0.1, -0.05) is 33.1 Å². The summed E-state index contributed by atoms with van der Waals surface area (Å²) in [6, 6.07) is -0.203. The first-order valence-electron chi connectivity index (χ1n) is 6.67. The highest BCUT2D eigenvalue weighted by Gasteiger charge is 2.32. The predicted octanol–water partition coefficient (Wildman–Crippen LogP) is 2.00. The molecule has 1 saturated carbocycles. The zero-order valence-corrected chi connectivity index (χ0v) is 10.7. The van der Waals surface area contributed by atoms with Crippen LogP contribution in [0.3, 0.4) is 0 Å². The Labute approximate surface area is 103 Å². The first-order chi connectivity index (χ1) is 8.08. The van der Waals surface area contributed by atoms with Crippen LogP contribution in [0.1, 0.15) is 39.5 Å². The molecule has 2 fully saturated rings. The number of urea groups is 1. The highest BCUT2D eigenvalue weighted by molar-refractivity contribution is 5.97. The first-order valence-corrected chi connectivity index (χ1v) is 6.67. The van der Waals surface area contributed by atoms with Gasteiger partial charge in [0, 0.05) is 13.1 Å². The van der Waals surface area contributed by atoms with E-state index in [1.165, 1.54) is 25.7 Å². The fraction of sp³-hybridized carbons (Fsp3) is 0.846. The third-order valence-electron chi connectivity index (χ3n) is 4.20. The summed E-state index contributed by atoms with van der Waals surface area (Å²) in [7, 11) is 0. The second-order valence-electron chi connectivity index (χ2n) is 5.62. The zero-order chi connectivity index (χ0) is 12.4. The fourth-order valence-electron chi connectivity index (χ4n) is 2.91. The van der Waals surface area contributed by atoms with Crippen LogP contribution < -0.4 is 5.32 Å². The highest BCUT2D eigenvalue weighted by atomic mass is 16.2. The molecular formula is C13H22N2O2. The SMILES string of the molecule is CC1CN(CC2CCCCC2C)C(=O)NC1=O. The molecule has 1 saturated heterocycles. The maximum atomic E-state index is 11.7. The second-order valence-corrected chi connectivity index (χ2v) is 5.62. The van der Waals surface area contributed by atoms with Gasteiger partial charge in [-0.3, -0.25) is 10.1 Å². The second kappa shape index (κ2) is 5.07. The van der Waals surface area contributed by atoms with Gasteiger partial charge >= 0.3 is 6.03 Å². The molecule has 3 amide bonds. The summed E-state index contributed by atoms with van der Waals surface area (Å²) in [5.74, 6) is 1.09. The van der Waals surface area contributed by atoms with E-state index in [4.69, 9.17) is 0 Å². The lowest BCUT2D eigenvalue weighted by Gasteiger charge is -2.36. The summed E-state index contributed by atoms with van der Waals surface area (Å²) in [6.07, 6.45) is 5.08. The fourth-order valence-corrected chi connectivity index (χ4v) is 2.91. The molecule has 0 spiro atoms. The van der Waals surface area contributed by atoms with Crippen molar-refractivity contribution in [3.05, 3.63) is 0 Å². The standard InChI is InChI=1S/C13H22N2O2/c1-9-5-3-4-6-11(9)8-15-7-10(2)12(16)14-13(15)17/h9-11H,3-8H2,1-2H3,(H,14,16,17). The van der Waals surface area contributed by atoms with Crippen LogP contribution in [0.25, 0.3) is 0 Å². The smallest absolute Gasteiger partial charge is 0.323 e. The van der Waals surface area contributed by atoms with Crippen LogP contribution in [0.2, 0.25) is 0 Å². The summed E-state index contributed by atoms with van der Waals surface area (Å²) in [5.41, 5.74) is 0. The summed E-state index contributed by atoms with van der Waals surface area (Å²) in [4.78, 5) is 24.9. The number of nitrogens with zero attached hydrogens (tertiary/aromatic N) is 1. The number of nitrogens with one attached hydrogen (secondary N) is 1.